The maximum atomic E-state index is 3.27. The fourth-order valence-corrected chi connectivity index (χ4v) is 2.26. The molecular formula is C19H48N2. The van der Waals surface area contributed by atoms with Crippen molar-refractivity contribution in [3.63, 3.8) is 0 Å². The van der Waals surface area contributed by atoms with Crippen molar-refractivity contribution >= 4 is 0 Å². The summed E-state index contributed by atoms with van der Waals surface area (Å²) < 4.78 is 0. The highest BCUT2D eigenvalue weighted by atomic mass is 15.1. The van der Waals surface area contributed by atoms with Crippen molar-refractivity contribution in [3.8, 4) is 0 Å². The van der Waals surface area contributed by atoms with E-state index in [1.807, 2.05) is 55.4 Å². The van der Waals surface area contributed by atoms with Crippen molar-refractivity contribution in [1.82, 2.24) is 10.2 Å². The average molecular weight is 305 g/mol. The maximum absolute atomic E-state index is 3.27. The number of piperidine rings is 1. The molecule has 1 aliphatic rings. The molecule has 1 heterocycles. The lowest BCUT2D eigenvalue weighted by Gasteiger charge is -2.40. The molecule has 0 spiro atoms. The van der Waals surface area contributed by atoms with Gasteiger partial charge in [-0.05, 0) is 58.4 Å². The first-order chi connectivity index (χ1) is 10.2. The smallest absolute Gasteiger partial charge is 0.00165 e. The predicted octanol–water partition coefficient (Wildman–Crippen LogP) is 5.82. The molecule has 2 heteroatoms. The first-order valence-electron chi connectivity index (χ1n) is 9.55. The number of nitrogens with one attached hydrogen (secondary N) is 1. The molecule has 2 nitrogen and oxygen atoms in total. The second-order valence-electron chi connectivity index (χ2n) is 4.51. The second-order valence-corrected chi connectivity index (χ2v) is 4.51. The summed E-state index contributed by atoms with van der Waals surface area (Å²) in [5.41, 5.74) is 0.648. The van der Waals surface area contributed by atoms with Gasteiger partial charge in [0.25, 0.3) is 0 Å². The Kier molecular flexibility index (Phi) is 34.4. The van der Waals surface area contributed by atoms with Crippen LogP contribution >= 0.6 is 0 Å². The van der Waals surface area contributed by atoms with Crippen LogP contribution in [0.1, 0.15) is 88.0 Å². The normalized spacial score (nSPS) is 15.6. The first kappa shape index (κ1) is 29.0. The summed E-state index contributed by atoms with van der Waals surface area (Å²) in [4.78, 5) is 2.45. The number of nitrogens with zero attached hydrogens (tertiary/aromatic N) is 1. The van der Waals surface area contributed by atoms with Gasteiger partial charge in [0, 0.05) is 0 Å². The highest BCUT2D eigenvalue weighted by molar-refractivity contribution is 4.84. The maximum Gasteiger partial charge on any atom is -0.00165 e. The van der Waals surface area contributed by atoms with Crippen LogP contribution in [-0.4, -0.2) is 38.6 Å². The third-order valence-electron chi connectivity index (χ3n) is 3.70. The van der Waals surface area contributed by atoms with Gasteiger partial charge in [0.15, 0.2) is 0 Å². The standard InChI is InChI=1S/C11H24N2.4C2H6/c1-4-11(5-8-12-2)6-9-13(3)10-7-11;4*1-2/h12H,4-10H2,1-3H3;4*1-2H3. The van der Waals surface area contributed by atoms with E-state index in [-0.39, 0.29) is 0 Å². The third-order valence-corrected chi connectivity index (χ3v) is 3.70. The van der Waals surface area contributed by atoms with Gasteiger partial charge >= 0.3 is 0 Å². The topological polar surface area (TPSA) is 15.3 Å². The molecule has 1 rings (SSSR count). The lowest BCUT2D eigenvalue weighted by Crippen LogP contribution is -2.39. The van der Waals surface area contributed by atoms with Crippen molar-refractivity contribution in [2.24, 2.45) is 5.41 Å². The van der Waals surface area contributed by atoms with Crippen molar-refractivity contribution in [2.45, 2.75) is 88.0 Å². The van der Waals surface area contributed by atoms with Crippen LogP contribution in [0.15, 0.2) is 0 Å². The summed E-state index contributed by atoms with van der Waals surface area (Å²) in [7, 11) is 4.29. The lowest BCUT2D eigenvalue weighted by atomic mass is 9.74. The number of rotatable bonds is 4. The van der Waals surface area contributed by atoms with E-state index in [0.717, 1.165) is 0 Å². The van der Waals surface area contributed by atoms with Crippen LogP contribution in [0.5, 0.6) is 0 Å². The van der Waals surface area contributed by atoms with Gasteiger partial charge < -0.3 is 10.2 Å². The van der Waals surface area contributed by atoms with E-state index in [1.165, 1.54) is 45.3 Å². The summed E-state index contributed by atoms with van der Waals surface area (Å²) in [5.74, 6) is 0. The molecule has 0 aromatic rings. The van der Waals surface area contributed by atoms with E-state index in [2.05, 4.69) is 31.2 Å². The van der Waals surface area contributed by atoms with Crippen molar-refractivity contribution in [1.29, 1.82) is 0 Å². The fourth-order valence-electron chi connectivity index (χ4n) is 2.26. The highest BCUT2D eigenvalue weighted by Gasteiger charge is 2.30. The minimum atomic E-state index is 0.648. The Morgan fingerprint density at radius 3 is 1.52 bits per heavy atom. The van der Waals surface area contributed by atoms with Crippen LogP contribution in [0.25, 0.3) is 0 Å². The monoisotopic (exact) mass is 304 g/mol. The molecule has 0 bridgehead atoms. The first-order valence-corrected chi connectivity index (χ1v) is 9.55. The molecule has 0 unspecified atom stereocenters. The minimum Gasteiger partial charge on any atom is -0.320 e. The number of likely N-dealkylation sites (tertiary alicyclic amines) is 1. The van der Waals surface area contributed by atoms with Crippen molar-refractivity contribution in [3.05, 3.63) is 0 Å². The zero-order chi connectivity index (χ0) is 17.7. The molecule has 1 N–H and O–H groups in total. The SMILES string of the molecule is CC.CC.CC.CC.CCC1(CCNC)CCN(C)CC1. The molecule has 1 aliphatic heterocycles. The van der Waals surface area contributed by atoms with Crippen LogP contribution in [0, 0.1) is 5.41 Å². The molecule has 21 heavy (non-hydrogen) atoms. The molecular weight excluding hydrogens is 256 g/mol. The molecule has 0 aromatic carbocycles. The zero-order valence-electron chi connectivity index (χ0n) is 17.4. The Bertz CT molecular complexity index is 133. The summed E-state index contributed by atoms with van der Waals surface area (Å²) in [5, 5.41) is 3.27. The van der Waals surface area contributed by atoms with E-state index in [1.54, 1.807) is 0 Å². The summed E-state index contributed by atoms with van der Waals surface area (Å²) in [6, 6.07) is 0. The van der Waals surface area contributed by atoms with Gasteiger partial charge in [0.2, 0.25) is 0 Å². The van der Waals surface area contributed by atoms with Crippen LogP contribution in [-0.2, 0) is 0 Å². The predicted molar refractivity (Wildman–Crippen MR) is 103 cm³/mol. The van der Waals surface area contributed by atoms with Gasteiger partial charge in [-0.2, -0.15) is 0 Å². The summed E-state index contributed by atoms with van der Waals surface area (Å²) in [6.45, 7) is 22.1. The van der Waals surface area contributed by atoms with Crippen molar-refractivity contribution < 1.29 is 0 Å². The van der Waals surface area contributed by atoms with Gasteiger partial charge in [0.1, 0.15) is 0 Å². The number of hydrogen-bond acceptors (Lipinski definition) is 2. The van der Waals surface area contributed by atoms with E-state index in [9.17, 15) is 0 Å². The van der Waals surface area contributed by atoms with Crippen LogP contribution in [0.3, 0.4) is 0 Å². The van der Waals surface area contributed by atoms with Crippen LogP contribution in [0.2, 0.25) is 0 Å². The molecule has 1 saturated heterocycles. The lowest BCUT2D eigenvalue weighted by molar-refractivity contribution is 0.108. The average Bonchev–Trinajstić information content (AvgIpc) is 2.62. The molecule has 0 aliphatic carbocycles. The Balaban J connectivity index is -0.000000156. The molecule has 0 atom stereocenters. The van der Waals surface area contributed by atoms with Gasteiger partial charge in [-0.15, -0.1) is 0 Å². The molecule has 1 fully saturated rings. The van der Waals surface area contributed by atoms with Crippen LogP contribution < -0.4 is 5.32 Å². The van der Waals surface area contributed by atoms with Gasteiger partial charge in [-0.1, -0.05) is 68.7 Å². The zero-order valence-corrected chi connectivity index (χ0v) is 17.4. The number of hydrogen-bond donors (Lipinski definition) is 1. The Morgan fingerprint density at radius 1 is 0.857 bits per heavy atom. The van der Waals surface area contributed by atoms with Gasteiger partial charge in [0.05, 0.1) is 0 Å². The summed E-state index contributed by atoms with van der Waals surface area (Å²) in [6.07, 6.45) is 5.49. The Labute approximate surface area is 138 Å². The van der Waals surface area contributed by atoms with E-state index >= 15 is 0 Å². The van der Waals surface area contributed by atoms with Gasteiger partial charge in [-0.3, -0.25) is 0 Å². The highest BCUT2D eigenvalue weighted by Crippen LogP contribution is 2.37. The largest absolute Gasteiger partial charge is 0.320 e. The second kappa shape index (κ2) is 24.9. The molecule has 0 amide bonds. The molecule has 0 aromatic heterocycles. The molecule has 134 valence electrons. The summed E-state index contributed by atoms with van der Waals surface area (Å²) >= 11 is 0. The minimum absolute atomic E-state index is 0.648. The van der Waals surface area contributed by atoms with Crippen molar-refractivity contribution in [2.75, 3.05) is 33.7 Å². The quantitative estimate of drug-likeness (QED) is 0.703. The van der Waals surface area contributed by atoms with Gasteiger partial charge in [-0.25, -0.2) is 0 Å². The Morgan fingerprint density at radius 2 is 1.24 bits per heavy atom. The third kappa shape index (κ3) is 16.1. The van der Waals surface area contributed by atoms with E-state index < -0.39 is 0 Å². The molecule has 0 radical (unpaired) electrons. The molecule has 0 saturated carbocycles. The van der Waals surface area contributed by atoms with E-state index in [4.69, 9.17) is 0 Å². The fraction of sp³-hybridized carbons (Fsp3) is 1.00. The Hall–Kier alpha value is -0.0800. The van der Waals surface area contributed by atoms with E-state index in [0.29, 0.717) is 5.41 Å². The van der Waals surface area contributed by atoms with Crippen LogP contribution in [0.4, 0.5) is 0 Å².